The zero-order chi connectivity index (χ0) is 26.3. The van der Waals surface area contributed by atoms with Gasteiger partial charge >= 0.3 is 12.4 Å². The minimum Gasteiger partial charge on any atom is -0.341 e. The molecule has 0 spiro atoms. The first-order valence-corrected chi connectivity index (χ1v) is 11.2. The smallest absolute Gasteiger partial charge is 0.341 e. The second-order valence-electron chi connectivity index (χ2n) is 8.76. The standard InChI is InChI=1S/C21H23F6N7O2/c1-33(14-3-2-13-16(21(25,26)27)18(36)32-31-17(13)14)15(35)10-28-12-4-6-34(7-5-12)19-29-8-11(9-30-19)20(22,23)24/h8-9,12,14,28H,2-7,10H2,1H3,(H,32,36). The Labute approximate surface area is 200 Å². The summed E-state index contributed by atoms with van der Waals surface area (Å²) < 4.78 is 78.0. The van der Waals surface area contributed by atoms with Crippen molar-refractivity contribution in [3.8, 4) is 0 Å². The summed E-state index contributed by atoms with van der Waals surface area (Å²) in [4.78, 5) is 35.1. The molecule has 1 atom stereocenters. The van der Waals surface area contributed by atoms with E-state index in [2.05, 4.69) is 20.4 Å². The molecule has 2 N–H and O–H groups in total. The number of halogens is 6. The average Bonchev–Trinajstić information content (AvgIpc) is 3.24. The van der Waals surface area contributed by atoms with Gasteiger partial charge in [0.1, 0.15) is 5.56 Å². The van der Waals surface area contributed by atoms with Gasteiger partial charge in [0, 0.05) is 38.6 Å². The van der Waals surface area contributed by atoms with Gasteiger partial charge in [-0.2, -0.15) is 31.4 Å². The number of hydrogen-bond donors (Lipinski definition) is 2. The van der Waals surface area contributed by atoms with Crippen molar-refractivity contribution in [2.24, 2.45) is 0 Å². The fraction of sp³-hybridized carbons (Fsp3) is 0.571. The van der Waals surface area contributed by atoms with Gasteiger partial charge in [0.15, 0.2) is 0 Å². The molecule has 9 nitrogen and oxygen atoms in total. The number of fused-ring (bicyclic) bond motifs is 1. The molecule has 2 aromatic rings. The number of likely N-dealkylation sites (N-methyl/N-ethyl adjacent to an activating group) is 1. The third kappa shape index (κ3) is 5.29. The minimum absolute atomic E-state index is 0.0126. The maximum Gasteiger partial charge on any atom is 0.422 e. The van der Waals surface area contributed by atoms with Crippen LogP contribution in [0.4, 0.5) is 32.3 Å². The summed E-state index contributed by atoms with van der Waals surface area (Å²) in [6.07, 6.45) is -6.47. The third-order valence-corrected chi connectivity index (χ3v) is 6.53. The highest BCUT2D eigenvalue weighted by molar-refractivity contribution is 5.78. The van der Waals surface area contributed by atoms with Gasteiger partial charge in [0.05, 0.1) is 23.8 Å². The van der Waals surface area contributed by atoms with Crippen LogP contribution in [0.3, 0.4) is 0 Å². The number of aromatic nitrogens is 4. The Balaban J connectivity index is 1.31. The highest BCUT2D eigenvalue weighted by Crippen LogP contribution is 2.39. The van der Waals surface area contributed by atoms with Crippen molar-refractivity contribution in [3.05, 3.63) is 45.1 Å². The predicted octanol–water partition coefficient (Wildman–Crippen LogP) is 2.30. The van der Waals surface area contributed by atoms with Gasteiger partial charge in [-0.15, -0.1) is 0 Å². The van der Waals surface area contributed by atoms with E-state index in [0.29, 0.717) is 25.9 Å². The molecule has 0 aromatic carbocycles. The Bertz CT molecular complexity index is 1160. The number of piperidine rings is 1. The molecular weight excluding hydrogens is 496 g/mol. The molecule has 1 unspecified atom stereocenters. The van der Waals surface area contributed by atoms with E-state index in [1.807, 2.05) is 5.10 Å². The van der Waals surface area contributed by atoms with Crippen LogP contribution in [-0.4, -0.2) is 63.7 Å². The Hall–Kier alpha value is -3.23. The lowest BCUT2D eigenvalue weighted by Crippen LogP contribution is -2.46. The molecule has 1 amide bonds. The van der Waals surface area contributed by atoms with Crippen LogP contribution in [-0.2, 0) is 23.6 Å². The molecule has 3 heterocycles. The summed E-state index contributed by atoms with van der Waals surface area (Å²) in [7, 11) is 1.48. The Morgan fingerprint density at radius 2 is 1.75 bits per heavy atom. The largest absolute Gasteiger partial charge is 0.422 e. The molecule has 0 radical (unpaired) electrons. The molecule has 36 heavy (non-hydrogen) atoms. The summed E-state index contributed by atoms with van der Waals surface area (Å²) in [5.74, 6) is -0.149. The Morgan fingerprint density at radius 3 is 2.33 bits per heavy atom. The Morgan fingerprint density at radius 1 is 1.11 bits per heavy atom. The number of carbonyl (C=O) groups is 1. The number of rotatable bonds is 5. The van der Waals surface area contributed by atoms with Crippen LogP contribution in [0, 0.1) is 0 Å². The second kappa shape index (κ2) is 9.67. The summed E-state index contributed by atoms with van der Waals surface area (Å²) in [5, 5.41) is 8.81. The van der Waals surface area contributed by atoms with Crippen molar-refractivity contribution in [1.82, 2.24) is 30.4 Å². The van der Waals surface area contributed by atoms with Gasteiger partial charge in [-0.05, 0) is 31.2 Å². The number of anilines is 1. The van der Waals surface area contributed by atoms with Crippen molar-refractivity contribution >= 4 is 11.9 Å². The van der Waals surface area contributed by atoms with Gasteiger partial charge in [-0.3, -0.25) is 9.59 Å². The lowest BCUT2D eigenvalue weighted by molar-refractivity contribution is -0.139. The fourth-order valence-corrected chi connectivity index (χ4v) is 4.57. The first kappa shape index (κ1) is 25.9. The molecular formula is C21H23F6N7O2. The molecule has 2 aliphatic rings. The SMILES string of the molecule is CN(C(=O)CNC1CCN(c2ncc(C(F)(F)F)cn2)CC1)C1CCc2c1n[nH]c(=O)c2C(F)(F)F. The van der Waals surface area contributed by atoms with Crippen LogP contribution in [0.5, 0.6) is 0 Å². The topological polar surface area (TPSA) is 107 Å². The number of alkyl halides is 6. The van der Waals surface area contributed by atoms with Gasteiger partial charge in [-0.25, -0.2) is 15.1 Å². The molecule has 1 saturated heterocycles. The molecule has 0 saturated carbocycles. The summed E-state index contributed by atoms with van der Waals surface area (Å²) in [6, 6.07) is -0.735. The number of aromatic amines is 1. The monoisotopic (exact) mass is 519 g/mol. The quantitative estimate of drug-likeness (QED) is 0.584. The fourth-order valence-electron chi connectivity index (χ4n) is 4.57. The highest BCUT2D eigenvalue weighted by atomic mass is 19.4. The second-order valence-corrected chi connectivity index (χ2v) is 8.76. The van der Waals surface area contributed by atoms with Crippen LogP contribution in [0.15, 0.2) is 17.2 Å². The molecule has 1 aliphatic carbocycles. The first-order valence-electron chi connectivity index (χ1n) is 11.2. The first-order chi connectivity index (χ1) is 16.9. The molecule has 0 bridgehead atoms. The van der Waals surface area contributed by atoms with Gasteiger partial charge in [0.2, 0.25) is 11.9 Å². The number of H-pyrrole nitrogens is 1. The van der Waals surface area contributed by atoms with Crippen molar-refractivity contribution in [1.29, 1.82) is 0 Å². The number of amides is 1. The Kier molecular flexibility index (Phi) is 6.94. The number of hydrogen-bond acceptors (Lipinski definition) is 7. The number of carbonyl (C=O) groups excluding carboxylic acids is 1. The predicted molar refractivity (Wildman–Crippen MR) is 114 cm³/mol. The van der Waals surface area contributed by atoms with Crippen LogP contribution < -0.4 is 15.8 Å². The number of nitrogens with zero attached hydrogens (tertiary/aromatic N) is 5. The van der Waals surface area contributed by atoms with E-state index in [9.17, 15) is 35.9 Å². The van der Waals surface area contributed by atoms with E-state index >= 15 is 0 Å². The van der Waals surface area contributed by atoms with Crippen LogP contribution >= 0.6 is 0 Å². The van der Waals surface area contributed by atoms with Gasteiger partial charge in [-0.1, -0.05) is 0 Å². The van der Waals surface area contributed by atoms with Crippen LogP contribution in [0.2, 0.25) is 0 Å². The summed E-state index contributed by atoms with van der Waals surface area (Å²) in [6.45, 7) is 0.889. The molecule has 1 fully saturated rings. The number of nitrogens with one attached hydrogen (secondary N) is 2. The van der Waals surface area contributed by atoms with E-state index in [1.165, 1.54) is 11.9 Å². The summed E-state index contributed by atoms with van der Waals surface area (Å²) in [5.41, 5.74) is -3.63. The minimum atomic E-state index is -4.82. The zero-order valence-electron chi connectivity index (χ0n) is 19.1. The van der Waals surface area contributed by atoms with Crippen molar-refractivity contribution < 1.29 is 31.1 Å². The summed E-state index contributed by atoms with van der Waals surface area (Å²) >= 11 is 0. The normalized spacial score (nSPS) is 18.9. The van der Waals surface area contributed by atoms with E-state index in [-0.39, 0.29) is 48.5 Å². The molecule has 196 valence electrons. The highest BCUT2D eigenvalue weighted by Gasteiger charge is 2.42. The van der Waals surface area contributed by atoms with E-state index in [4.69, 9.17) is 0 Å². The van der Waals surface area contributed by atoms with Crippen molar-refractivity contribution in [3.63, 3.8) is 0 Å². The maximum absolute atomic E-state index is 13.3. The average molecular weight is 519 g/mol. The van der Waals surface area contributed by atoms with Crippen molar-refractivity contribution in [2.45, 2.75) is 50.1 Å². The zero-order valence-corrected chi connectivity index (χ0v) is 19.1. The third-order valence-electron chi connectivity index (χ3n) is 6.53. The van der Waals surface area contributed by atoms with Gasteiger partial charge < -0.3 is 15.1 Å². The molecule has 15 heteroatoms. The lowest BCUT2D eigenvalue weighted by Gasteiger charge is -2.33. The lowest BCUT2D eigenvalue weighted by atomic mass is 10.1. The maximum atomic E-state index is 13.3. The van der Waals surface area contributed by atoms with Crippen LogP contribution in [0.1, 0.15) is 47.7 Å². The molecule has 2 aromatic heterocycles. The van der Waals surface area contributed by atoms with E-state index in [0.717, 1.165) is 12.4 Å². The molecule has 1 aliphatic heterocycles. The van der Waals surface area contributed by atoms with E-state index in [1.54, 1.807) is 4.90 Å². The van der Waals surface area contributed by atoms with Crippen molar-refractivity contribution in [2.75, 3.05) is 31.6 Å². The van der Waals surface area contributed by atoms with Gasteiger partial charge in [0.25, 0.3) is 5.56 Å². The molecule has 4 rings (SSSR count). The van der Waals surface area contributed by atoms with E-state index < -0.39 is 35.1 Å². The van der Waals surface area contributed by atoms with Crippen LogP contribution in [0.25, 0.3) is 0 Å².